The number of nitrogens with one attached hydrogen (secondary N) is 3. The number of carbonyl (C=O) groups is 1. The van der Waals surface area contributed by atoms with Crippen LogP contribution in [-0.2, 0) is 11.4 Å². The second-order valence-electron chi connectivity index (χ2n) is 7.27. The Kier molecular flexibility index (Phi) is 6.56. The Morgan fingerprint density at radius 2 is 1.77 bits per heavy atom. The van der Waals surface area contributed by atoms with Crippen LogP contribution in [0.25, 0.3) is 0 Å². The molecule has 31 heavy (non-hydrogen) atoms. The zero-order valence-electron chi connectivity index (χ0n) is 16.9. The van der Waals surface area contributed by atoms with Crippen molar-refractivity contribution in [3.05, 3.63) is 95.6 Å². The minimum atomic E-state index is -0.416. The maximum absolute atomic E-state index is 12.4. The summed E-state index contributed by atoms with van der Waals surface area (Å²) in [7, 11) is 0. The molecular formula is C24H24N4O3. The van der Waals surface area contributed by atoms with Gasteiger partial charge in [-0.05, 0) is 41.8 Å². The van der Waals surface area contributed by atoms with Gasteiger partial charge in [-0.25, -0.2) is 16.3 Å². The average molecular weight is 416 g/mol. The van der Waals surface area contributed by atoms with Crippen molar-refractivity contribution in [1.82, 2.24) is 16.3 Å². The second kappa shape index (κ2) is 9.88. The number of carbonyl (C=O) groups excluding carboxylic acids is 1. The van der Waals surface area contributed by atoms with Crippen molar-refractivity contribution in [3.63, 3.8) is 0 Å². The number of ether oxygens (including phenoxy) is 1. The highest BCUT2D eigenvalue weighted by Crippen LogP contribution is 2.24. The first kappa shape index (κ1) is 20.6. The van der Waals surface area contributed by atoms with Gasteiger partial charge in [0.05, 0.1) is 6.21 Å². The summed E-state index contributed by atoms with van der Waals surface area (Å²) < 4.78 is 5.82. The smallest absolute Gasteiger partial charge is 0.258 e. The highest BCUT2D eigenvalue weighted by atomic mass is 16.5. The summed E-state index contributed by atoms with van der Waals surface area (Å²) in [6, 6.07) is 24.2. The van der Waals surface area contributed by atoms with Gasteiger partial charge in [0.25, 0.3) is 5.91 Å². The fourth-order valence-corrected chi connectivity index (χ4v) is 3.32. The summed E-state index contributed by atoms with van der Waals surface area (Å²) in [5.74, 6) is 0.660. The molecule has 4 rings (SSSR count). The molecular weight excluding hydrogens is 392 g/mol. The number of hydrogen-bond acceptors (Lipinski definition) is 6. The van der Waals surface area contributed by atoms with Crippen molar-refractivity contribution in [2.75, 3.05) is 0 Å². The lowest BCUT2D eigenvalue weighted by atomic mass is 10.0. The van der Waals surface area contributed by atoms with Crippen LogP contribution >= 0.6 is 0 Å². The predicted octanol–water partition coefficient (Wildman–Crippen LogP) is 3.03. The average Bonchev–Trinajstić information content (AvgIpc) is 3.30. The molecule has 3 aromatic carbocycles. The topological polar surface area (TPSA) is 95.0 Å². The van der Waals surface area contributed by atoms with Crippen LogP contribution in [0.5, 0.6) is 11.5 Å². The van der Waals surface area contributed by atoms with E-state index in [9.17, 15) is 9.90 Å². The maximum Gasteiger partial charge on any atom is 0.258 e. The van der Waals surface area contributed by atoms with Gasteiger partial charge >= 0.3 is 0 Å². The number of nitrogens with zero attached hydrogens (tertiary/aromatic N) is 1. The van der Waals surface area contributed by atoms with E-state index in [2.05, 4.69) is 21.4 Å². The highest BCUT2D eigenvalue weighted by Gasteiger charge is 2.30. The summed E-state index contributed by atoms with van der Waals surface area (Å²) >= 11 is 0. The standard InChI is InChI=1S/C24H24N4O3/c29-23-9-5-4-8-19(23)15-25-28-24(30)22-14-21(26-27-22)18-10-12-20(13-11-18)31-16-17-6-2-1-3-7-17/h1-13,15,21-22,26-27,29H,14,16H2,(H,28,30)/b25-15+. The van der Waals surface area contributed by atoms with E-state index >= 15 is 0 Å². The summed E-state index contributed by atoms with van der Waals surface area (Å²) in [6.07, 6.45) is 2.00. The number of hydrazone groups is 1. The second-order valence-corrected chi connectivity index (χ2v) is 7.27. The van der Waals surface area contributed by atoms with Crippen molar-refractivity contribution in [2.24, 2.45) is 5.10 Å². The maximum atomic E-state index is 12.4. The fourth-order valence-electron chi connectivity index (χ4n) is 3.32. The number of hydrazine groups is 1. The van der Waals surface area contributed by atoms with Gasteiger partial charge in [-0.2, -0.15) is 5.10 Å². The van der Waals surface area contributed by atoms with E-state index in [1.165, 1.54) is 6.21 Å². The molecule has 158 valence electrons. The van der Waals surface area contributed by atoms with Crippen molar-refractivity contribution in [2.45, 2.75) is 25.1 Å². The number of para-hydroxylation sites is 1. The van der Waals surface area contributed by atoms with Crippen molar-refractivity contribution in [3.8, 4) is 11.5 Å². The lowest BCUT2D eigenvalue weighted by molar-refractivity contribution is -0.122. The number of hydrogen-bond donors (Lipinski definition) is 4. The predicted molar refractivity (Wildman–Crippen MR) is 118 cm³/mol. The van der Waals surface area contributed by atoms with Crippen LogP contribution in [0.1, 0.15) is 29.2 Å². The lowest BCUT2D eigenvalue weighted by Gasteiger charge is -2.11. The SMILES string of the molecule is O=C(N/N=C/c1ccccc1O)C1CC(c2ccc(OCc3ccccc3)cc2)NN1. The van der Waals surface area contributed by atoms with Crippen LogP contribution in [0.4, 0.5) is 0 Å². The van der Waals surface area contributed by atoms with Gasteiger partial charge in [-0.15, -0.1) is 0 Å². The molecule has 1 aliphatic heterocycles. The third-order valence-electron chi connectivity index (χ3n) is 5.07. The summed E-state index contributed by atoms with van der Waals surface area (Å²) in [5.41, 5.74) is 11.4. The molecule has 0 bridgehead atoms. The van der Waals surface area contributed by atoms with E-state index in [1.54, 1.807) is 24.3 Å². The molecule has 1 heterocycles. The first-order valence-corrected chi connectivity index (χ1v) is 10.1. The number of benzene rings is 3. The van der Waals surface area contributed by atoms with Gasteiger partial charge in [0.2, 0.25) is 0 Å². The van der Waals surface area contributed by atoms with Gasteiger partial charge in [0.1, 0.15) is 24.1 Å². The molecule has 0 spiro atoms. The van der Waals surface area contributed by atoms with Crippen molar-refractivity contribution < 1.29 is 14.6 Å². The largest absolute Gasteiger partial charge is 0.507 e. The Morgan fingerprint density at radius 3 is 2.55 bits per heavy atom. The Hall–Kier alpha value is -3.68. The van der Waals surface area contributed by atoms with E-state index in [4.69, 9.17) is 4.74 Å². The van der Waals surface area contributed by atoms with Gasteiger partial charge in [-0.1, -0.05) is 54.6 Å². The summed E-state index contributed by atoms with van der Waals surface area (Å²) in [5, 5.41) is 13.7. The Labute approximate surface area is 180 Å². The zero-order valence-corrected chi connectivity index (χ0v) is 16.9. The Morgan fingerprint density at radius 1 is 1.03 bits per heavy atom. The van der Waals surface area contributed by atoms with Crippen LogP contribution in [0.2, 0.25) is 0 Å². The lowest BCUT2D eigenvalue weighted by Crippen LogP contribution is -2.41. The van der Waals surface area contributed by atoms with Crippen molar-refractivity contribution in [1.29, 1.82) is 0 Å². The van der Waals surface area contributed by atoms with Crippen molar-refractivity contribution >= 4 is 12.1 Å². The van der Waals surface area contributed by atoms with Gasteiger partial charge in [-0.3, -0.25) is 4.79 Å². The quantitative estimate of drug-likeness (QED) is 0.351. The normalized spacial score (nSPS) is 18.2. The van der Waals surface area contributed by atoms with Gasteiger partial charge in [0, 0.05) is 11.6 Å². The third-order valence-corrected chi connectivity index (χ3v) is 5.07. The molecule has 4 N–H and O–H groups in total. The molecule has 0 radical (unpaired) electrons. The molecule has 1 saturated heterocycles. The van der Waals surface area contributed by atoms with Crippen LogP contribution in [-0.4, -0.2) is 23.3 Å². The molecule has 7 nitrogen and oxygen atoms in total. The van der Waals surface area contributed by atoms with Crippen LogP contribution in [0.3, 0.4) is 0 Å². The summed E-state index contributed by atoms with van der Waals surface area (Å²) in [6.45, 7) is 0.521. The Bertz CT molecular complexity index is 1040. The van der Waals surface area contributed by atoms with E-state index in [0.29, 0.717) is 18.6 Å². The highest BCUT2D eigenvalue weighted by molar-refractivity contribution is 5.86. The van der Waals surface area contributed by atoms with E-state index in [-0.39, 0.29) is 17.7 Å². The molecule has 0 aromatic heterocycles. The van der Waals surface area contributed by atoms with Crippen LogP contribution in [0.15, 0.2) is 84.0 Å². The van der Waals surface area contributed by atoms with E-state index in [1.807, 2.05) is 54.6 Å². The number of amides is 1. The molecule has 0 aliphatic carbocycles. The number of aromatic hydroxyl groups is 1. The zero-order chi connectivity index (χ0) is 21.5. The monoisotopic (exact) mass is 416 g/mol. The summed E-state index contributed by atoms with van der Waals surface area (Å²) in [4.78, 5) is 12.4. The first-order chi connectivity index (χ1) is 15.2. The molecule has 2 atom stereocenters. The third kappa shape index (κ3) is 5.48. The first-order valence-electron chi connectivity index (χ1n) is 10.1. The number of phenolic OH excluding ortho intramolecular Hbond substituents is 1. The molecule has 1 aliphatic rings. The van der Waals surface area contributed by atoms with Gasteiger partial charge < -0.3 is 9.84 Å². The molecule has 2 unspecified atom stereocenters. The van der Waals surface area contributed by atoms with Crippen LogP contribution in [0, 0.1) is 0 Å². The number of phenols is 1. The minimum Gasteiger partial charge on any atom is -0.507 e. The van der Waals surface area contributed by atoms with Crippen LogP contribution < -0.4 is 21.0 Å². The molecule has 3 aromatic rings. The molecule has 0 saturated carbocycles. The number of rotatable bonds is 7. The fraction of sp³-hybridized carbons (Fsp3) is 0.167. The molecule has 7 heteroatoms. The minimum absolute atomic E-state index is 0.000991. The molecule has 1 amide bonds. The van der Waals surface area contributed by atoms with E-state index in [0.717, 1.165) is 16.9 Å². The van der Waals surface area contributed by atoms with E-state index < -0.39 is 6.04 Å². The Balaban J connectivity index is 1.27. The molecule has 1 fully saturated rings. The van der Waals surface area contributed by atoms with Gasteiger partial charge in [0.15, 0.2) is 0 Å².